The number of carbonyl (C=O) groups excluding carboxylic acids is 1. The van der Waals surface area contributed by atoms with Crippen LogP contribution in [0.4, 0.5) is 10.1 Å². The van der Waals surface area contributed by atoms with Crippen molar-refractivity contribution in [3.8, 4) is 0 Å². The summed E-state index contributed by atoms with van der Waals surface area (Å²) in [6, 6.07) is 5.04. The molecule has 0 spiro atoms. The second kappa shape index (κ2) is 5.79. The Morgan fingerprint density at radius 3 is 2.65 bits per heavy atom. The molecule has 2 rings (SSSR count). The Morgan fingerprint density at radius 2 is 2.10 bits per heavy atom. The van der Waals surface area contributed by atoms with E-state index >= 15 is 0 Å². The normalized spacial score (nSPS) is 12.2. The van der Waals surface area contributed by atoms with Gasteiger partial charge in [0.1, 0.15) is 11.9 Å². The molecule has 2 aromatic rings. The minimum atomic E-state index is -0.534. The number of amides is 1. The SMILES string of the molecule is Cc1c(CN)nnn1C(C)C(=O)Nc1ccc(F)cc1. The van der Waals surface area contributed by atoms with E-state index in [9.17, 15) is 9.18 Å². The van der Waals surface area contributed by atoms with Crippen LogP contribution in [-0.2, 0) is 11.3 Å². The molecule has 1 atom stereocenters. The van der Waals surface area contributed by atoms with E-state index in [2.05, 4.69) is 15.6 Å². The van der Waals surface area contributed by atoms with Gasteiger partial charge in [-0.05, 0) is 38.1 Å². The summed E-state index contributed by atoms with van der Waals surface area (Å²) in [5.74, 6) is -0.607. The zero-order chi connectivity index (χ0) is 14.7. The maximum atomic E-state index is 12.8. The van der Waals surface area contributed by atoms with Gasteiger partial charge in [0.2, 0.25) is 5.91 Å². The van der Waals surface area contributed by atoms with Gasteiger partial charge < -0.3 is 11.1 Å². The number of benzene rings is 1. The summed E-state index contributed by atoms with van der Waals surface area (Å²) in [7, 11) is 0. The molecule has 0 radical (unpaired) electrons. The Bertz CT molecular complexity index is 608. The molecule has 3 N–H and O–H groups in total. The van der Waals surface area contributed by atoms with E-state index < -0.39 is 6.04 Å². The Labute approximate surface area is 115 Å². The first kappa shape index (κ1) is 14.1. The minimum absolute atomic E-state index is 0.256. The number of hydrogen-bond acceptors (Lipinski definition) is 4. The van der Waals surface area contributed by atoms with Crippen LogP contribution in [0.1, 0.15) is 24.4 Å². The number of nitrogens with two attached hydrogens (primary N) is 1. The Balaban J connectivity index is 2.12. The van der Waals surface area contributed by atoms with Crippen LogP contribution in [-0.4, -0.2) is 20.9 Å². The Kier molecular flexibility index (Phi) is 4.09. The molecule has 0 aliphatic carbocycles. The highest BCUT2D eigenvalue weighted by molar-refractivity contribution is 5.93. The fraction of sp³-hybridized carbons (Fsp3) is 0.308. The number of anilines is 1. The van der Waals surface area contributed by atoms with Crippen molar-refractivity contribution >= 4 is 11.6 Å². The highest BCUT2D eigenvalue weighted by Gasteiger charge is 2.19. The van der Waals surface area contributed by atoms with E-state index in [0.29, 0.717) is 11.4 Å². The van der Waals surface area contributed by atoms with Gasteiger partial charge in [-0.25, -0.2) is 9.07 Å². The monoisotopic (exact) mass is 277 g/mol. The van der Waals surface area contributed by atoms with Crippen molar-refractivity contribution in [2.75, 3.05) is 5.32 Å². The summed E-state index contributed by atoms with van der Waals surface area (Å²) in [6.07, 6.45) is 0. The molecule has 1 aromatic heterocycles. The average molecular weight is 277 g/mol. The fourth-order valence-corrected chi connectivity index (χ4v) is 1.82. The molecule has 106 valence electrons. The predicted octanol–water partition coefficient (Wildman–Crippen LogP) is 1.38. The van der Waals surface area contributed by atoms with E-state index in [-0.39, 0.29) is 18.3 Å². The molecule has 20 heavy (non-hydrogen) atoms. The summed E-state index contributed by atoms with van der Waals surface area (Å²) in [6.45, 7) is 3.79. The zero-order valence-electron chi connectivity index (χ0n) is 11.3. The number of carbonyl (C=O) groups is 1. The number of nitrogens with one attached hydrogen (secondary N) is 1. The van der Waals surface area contributed by atoms with Crippen LogP contribution in [0.2, 0.25) is 0 Å². The third kappa shape index (κ3) is 2.83. The first-order valence-corrected chi connectivity index (χ1v) is 6.20. The van der Waals surface area contributed by atoms with E-state index in [1.54, 1.807) is 6.92 Å². The minimum Gasteiger partial charge on any atom is -0.325 e. The molecular weight excluding hydrogens is 261 g/mol. The molecule has 6 nitrogen and oxygen atoms in total. The van der Waals surface area contributed by atoms with Gasteiger partial charge in [0.25, 0.3) is 0 Å². The molecule has 0 saturated carbocycles. The zero-order valence-corrected chi connectivity index (χ0v) is 11.3. The highest BCUT2D eigenvalue weighted by Crippen LogP contribution is 2.14. The second-order valence-corrected chi connectivity index (χ2v) is 4.44. The maximum Gasteiger partial charge on any atom is 0.249 e. The van der Waals surface area contributed by atoms with Gasteiger partial charge in [-0.3, -0.25) is 4.79 Å². The van der Waals surface area contributed by atoms with Crippen LogP contribution in [0, 0.1) is 12.7 Å². The lowest BCUT2D eigenvalue weighted by Gasteiger charge is -2.13. The predicted molar refractivity (Wildman–Crippen MR) is 72.4 cm³/mol. The van der Waals surface area contributed by atoms with Crippen molar-refractivity contribution in [1.82, 2.24) is 15.0 Å². The van der Waals surface area contributed by atoms with Crippen molar-refractivity contribution in [2.45, 2.75) is 26.4 Å². The van der Waals surface area contributed by atoms with Crippen LogP contribution >= 0.6 is 0 Å². The van der Waals surface area contributed by atoms with Gasteiger partial charge in [0.15, 0.2) is 0 Å². The fourth-order valence-electron chi connectivity index (χ4n) is 1.82. The third-order valence-corrected chi connectivity index (χ3v) is 3.07. The van der Waals surface area contributed by atoms with Crippen LogP contribution in [0.3, 0.4) is 0 Å². The molecule has 0 aliphatic rings. The van der Waals surface area contributed by atoms with Crippen molar-refractivity contribution in [3.05, 3.63) is 41.5 Å². The van der Waals surface area contributed by atoms with Crippen molar-refractivity contribution in [2.24, 2.45) is 5.73 Å². The molecule has 1 heterocycles. The van der Waals surface area contributed by atoms with E-state index in [1.165, 1.54) is 28.9 Å². The number of rotatable bonds is 4. The van der Waals surface area contributed by atoms with Gasteiger partial charge in [-0.1, -0.05) is 5.21 Å². The summed E-state index contributed by atoms with van der Waals surface area (Å²) >= 11 is 0. The van der Waals surface area contributed by atoms with Crippen molar-refractivity contribution in [1.29, 1.82) is 0 Å². The smallest absolute Gasteiger partial charge is 0.249 e. The molecular formula is C13H16FN5O. The van der Waals surface area contributed by atoms with Crippen LogP contribution in [0.25, 0.3) is 0 Å². The van der Waals surface area contributed by atoms with Crippen molar-refractivity contribution in [3.63, 3.8) is 0 Å². The quantitative estimate of drug-likeness (QED) is 0.884. The van der Waals surface area contributed by atoms with Gasteiger partial charge >= 0.3 is 0 Å². The lowest BCUT2D eigenvalue weighted by molar-refractivity contribution is -0.119. The van der Waals surface area contributed by atoms with E-state index in [4.69, 9.17) is 5.73 Å². The Morgan fingerprint density at radius 1 is 1.45 bits per heavy atom. The molecule has 0 saturated heterocycles. The average Bonchev–Trinajstić information content (AvgIpc) is 2.81. The summed E-state index contributed by atoms with van der Waals surface area (Å²) in [4.78, 5) is 12.1. The summed E-state index contributed by atoms with van der Waals surface area (Å²) in [5, 5.41) is 10.5. The molecule has 0 bridgehead atoms. The second-order valence-electron chi connectivity index (χ2n) is 4.44. The molecule has 0 fully saturated rings. The van der Waals surface area contributed by atoms with Crippen molar-refractivity contribution < 1.29 is 9.18 Å². The van der Waals surface area contributed by atoms with Crippen LogP contribution in [0.15, 0.2) is 24.3 Å². The number of nitrogens with zero attached hydrogens (tertiary/aromatic N) is 3. The van der Waals surface area contributed by atoms with E-state index in [1.807, 2.05) is 6.92 Å². The van der Waals surface area contributed by atoms with Gasteiger partial charge in [-0.2, -0.15) is 0 Å². The van der Waals surface area contributed by atoms with Gasteiger partial charge in [-0.15, -0.1) is 5.10 Å². The molecule has 1 unspecified atom stereocenters. The van der Waals surface area contributed by atoms with Gasteiger partial charge in [0.05, 0.1) is 11.4 Å². The molecule has 1 aromatic carbocycles. The number of hydrogen-bond donors (Lipinski definition) is 2. The van der Waals surface area contributed by atoms with Gasteiger partial charge in [0, 0.05) is 12.2 Å². The maximum absolute atomic E-state index is 12.8. The largest absolute Gasteiger partial charge is 0.325 e. The number of halogens is 1. The first-order valence-electron chi connectivity index (χ1n) is 6.20. The van der Waals surface area contributed by atoms with Crippen LogP contribution < -0.4 is 11.1 Å². The number of aromatic nitrogens is 3. The third-order valence-electron chi connectivity index (χ3n) is 3.07. The topological polar surface area (TPSA) is 85.8 Å². The first-order chi connectivity index (χ1) is 9.52. The molecule has 0 aliphatic heterocycles. The highest BCUT2D eigenvalue weighted by atomic mass is 19.1. The van der Waals surface area contributed by atoms with Crippen LogP contribution in [0.5, 0.6) is 0 Å². The standard InChI is InChI=1S/C13H16FN5O/c1-8-12(7-15)17-18-19(8)9(2)13(20)16-11-5-3-10(14)4-6-11/h3-6,9H,7,15H2,1-2H3,(H,16,20). The lowest BCUT2D eigenvalue weighted by Crippen LogP contribution is -2.25. The summed E-state index contributed by atoms with van der Waals surface area (Å²) < 4.78 is 14.3. The molecule has 7 heteroatoms. The lowest BCUT2D eigenvalue weighted by atomic mass is 10.2. The van der Waals surface area contributed by atoms with E-state index in [0.717, 1.165) is 5.69 Å². The summed E-state index contributed by atoms with van der Waals surface area (Å²) in [5.41, 5.74) is 7.47. The molecule has 1 amide bonds. The Hall–Kier alpha value is -2.28.